The van der Waals surface area contributed by atoms with Gasteiger partial charge in [-0.2, -0.15) is 0 Å². The number of amides is 5. The van der Waals surface area contributed by atoms with Crippen LogP contribution in [0.4, 0.5) is 4.79 Å². The number of hydrogen-bond donors (Lipinski definition) is 4. The van der Waals surface area contributed by atoms with Gasteiger partial charge in [0.25, 0.3) is 5.91 Å². The van der Waals surface area contributed by atoms with Gasteiger partial charge in [-0.25, -0.2) is 17.5 Å². The van der Waals surface area contributed by atoms with Gasteiger partial charge in [0, 0.05) is 26.7 Å². The van der Waals surface area contributed by atoms with Crippen molar-refractivity contribution in [1.29, 1.82) is 0 Å². The molecule has 4 aliphatic rings. The molecule has 294 valence electrons. The third kappa shape index (κ3) is 9.95. The van der Waals surface area contributed by atoms with Crippen LogP contribution in [-0.4, -0.2) is 103 Å². The van der Waals surface area contributed by atoms with E-state index < -0.39 is 73.9 Å². The summed E-state index contributed by atoms with van der Waals surface area (Å²) in [6.07, 6.45) is 9.51. The summed E-state index contributed by atoms with van der Waals surface area (Å²) in [7, 11) is -2.08. The number of sulfonamides is 1. The lowest BCUT2D eigenvalue weighted by Gasteiger charge is -2.43. The Hall–Kier alpha value is -3.00. The van der Waals surface area contributed by atoms with Crippen LogP contribution in [0.1, 0.15) is 112 Å². The molecule has 0 aromatic rings. The maximum Gasteiger partial charge on any atom is 0.315 e. The summed E-state index contributed by atoms with van der Waals surface area (Å²) < 4.78 is 27.8. The van der Waals surface area contributed by atoms with Gasteiger partial charge < -0.3 is 26.2 Å². The largest absolute Gasteiger partial charge is 0.346 e. The lowest BCUT2D eigenvalue weighted by atomic mass is 9.70. The first kappa shape index (κ1) is 41.8. The van der Waals surface area contributed by atoms with E-state index in [4.69, 9.17) is 0 Å². The Bertz CT molecular complexity index is 1450. The molecule has 52 heavy (non-hydrogen) atoms. The molecule has 13 nitrogen and oxygen atoms in total. The van der Waals surface area contributed by atoms with Gasteiger partial charge in [-0.05, 0) is 67.1 Å². The van der Waals surface area contributed by atoms with Crippen molar-refractivity contribution >= 4 is 39.6 Å². The standard InChI is InChI=1S/C38H64N6O7S/c1-9-19-39-34(47)30(45)27(23-25-13-14-25)40-33(46)29-26(22-24(2)3)15-21-44(29)35(48)32(38(7)17-11-10-12-18-38)42-36(49)41-31(37(4,5)6)28-16-20-43(8)52(28,50)51/h9,24-29,31-32H,1,10-23H2,2-8H3,(H,39,47)(H,40,46)(H2,41,42,49)/t26-,27?,28-,29+,31-,32-/m1/s1. The van der Waals surface area contributed by atoms with Crippen molar-refractivity contribution < 1.29 is 32.4 Å². The zero-order valence-electron chi connectivity index (χ0n) is 32.5. The molecule has 5 amide bonds. The topological polar surface area (TPSA) is 174 Å². The number of rotatable bonds is 15. The predicted octanol–water partition coefficient (Wildman–Crippen LogP) is 3.49. The summed E-state index contributed by atoms with van der Waals surface area (Å²) in [5.74, 6) is -2.03. The average molecular weight is 749 g/mol. The third-order valence-corrected chi connectivity index (χ3v) is 14.1. The van der Waals surface area contributed by atoms with Gasteiger partial charge in [-0.3, -0.25) is 19.2 Å². The summed E-state index contributed by atoms with van der Waals surface area (Å²) in [6, 6.07) is -4.21. The molecule has 1 unspecified atom stereocenters. The Morgan fingerprint density at radius 1 is 0.923 bits per heavy atom. The highest BCUT2D eigenvalue weighted by Gasteiger charge is 2.51. The van der Waals surface area contributed by atoms with E-state index in [1.165, 1.54) is 10.4 Å². The summed E-state index contributed by atoms with van der Waals surface area (Å²) in [6.45, 7) is 16.2. The van der Waals surface area contributed by atoms with Gasteiger partial charge >= 0.3 is 6.03 Å². The van der Waals surface area contributed by atoms with Crippen molar-refractivity contribution in [3.05, 3.63) is 12.7 Å². The molecule has 2 aliphatic carbocycles. The Kier molecular flexibility index (Phi) is 13.6. The summed E-state index contributed by atoms with van der Waals surface area (Å²) in [4.78, 5) is 70.8. The monoisotopic (exact) mass is 748 g/mol. The molecule has 0 aromatic carbocycles. The molecule has 2 saturated carbocycles. The highest BCUT2D eigenvalue weighted by molar-refractivity contribution is 7.90. The Labute approximate surface area is 311 Å². The van der Waals surface area contributed by atoms with E-state index in [0.717, 1.165) is 32.1 Å². The zero-order valence-corrected chi connectivity index (χ0v) is 33.3. The Morgan fingerprint density at radius 3 is 2.12 bits per heavy atom. The normalized spacial score (nSPS) is 26.2. The second-order valence-corrected chi connectivity index (χ2v) is 19.8. The summed E-state index contributed by atoms with van der Waals surface area (Å²) in [5, 5.41) is 10.6. The van der Waals surface area contributed by atoms with E-state index >= 15 is 0 Å². The van der Waals surface area contributed by atoms with Crippen LogP contribution >= 0.6 is 0 Å². The minimum Gasteiger partial charge on any atom is -0.346 e. The van der Waals surface area contributed by atoms with E-state index in [2.05, 4.69) is 41.7 Å². The fourth-order valence-corrected chi connectivity index (χ4v) is 10.6. The summed E-state index contributed by atoms with van der Waals surface area (Å²) in [5.41, 5.74) is -1.21. The van der Waals surface area contributed by atoms with Crippen molar-refractivity contribution in [2.75, 3.05) is 26.7 Å². The second-order valence-electron chi connectivity index (χ2n) is 17.6. The molecule has 4 rings (SSSR count). The molecule has 0 spiro atoms. The van der Waals surface area contributed by atoms with Gasteiger partial charge in [0.1, 0.15) is 12.1 Å². The third-order valence-electron chi connectivity index (χ3n) is 11.7. The minimum absolute atomic E-state index is 0.126. The molecule has 2 saturated heterocycles. The first-order valence-electron chi connectivity index (χ1n) is 19.4. The van der Waals surface area contributed by atoms with Crippen molar-refractivity contribution in [3.63, 3.8) is 0 Å². The van der Waals surface area contributed by atoms with Gasteiger partial charge in [-0.1, -0.05) is 79.7 Å². The SMILES string of the molecule is C=CCNC(=O)C(=O)C(CC1CC1)NC(=O)[C@@H]1[C@@H](CC(C)C)CCN1C(=O)[C@@H](NC(=O)N[C@H]([C@H]1CCN(C)S1(=O)=O)C(C)(C)C)C1(C)CCCCC1. The molecule has 2 heterocycles. The van der Waals surface area contributed by atoms with Crippen LogP contribution in [0.15, 0.2) is 12.7 Å². The van der Waals surface area contributed by atoms with Crippen LogP contribution in [-0.2, 0) is 29.2 Å². The van der Waals surface area contributed by atoms with Crippen LogP contribution in [0.25, 0.3) is 0 Å². The van der Waals surface area contributed by atoms with E-state index in [1.807, 2.05) is 27.7 Å². The number of carbonyl (C=O) groups excluding carboxylic acids is 5. The van der Waals surface area contributed by atoms with Gasteiger partial charge in [0.2, 0.25) is 27.6 Å². The fourth-order valence-electron chi connectivity index (χ4n) is 8.58. The molecule has 0 aromatic heterocycles. The molecule has 4 N–H and O–H groups in total. The molecule has 0 radical (unpaired) electrons. The minimum atomic E-state index is -3.63. The molecule has 0 bridgehead atoms. The number of Topliss-reactive ketones (excluding diaryl/α,β-unsaturated/α-hetero) is 1. The van der Waals surface area contributed by atoms with Crippen LogP contribution in [0.2, 0.25) is 0 Å². The van der Waals surface area contributed by atoms with Crippen molar-refractivity contribution in [3.8, 4) is 0 Å². The van der Waals surface area contributed by atoms with Crippen LogP contribution < -0.4 is 21.3 Å². The first-order valence-corrected chi connectivity index (χ1v) is 20.9. The van der Waals surface area contributed by atoms with E-state index in [1.54, 1.807) is 11.9 Å². The van der Waals surface area contributed by atoms with Crippen LogP contribution in [0.5, 0.6) is 0 Å². The number of nitrogens with zero attached hydrogens (tertiary/aromatic N) is 2. The second kappa shape index (κ2) is 17.0. The molecule has 2 aliphatic heterocycles. The highest BCUT2D eigenvalue weighted by Crippen LogP contribution is 2.41. The zero-order chi connectivity index (χ0) is 38.6. The number of nitrogens with one attached hydrogen (secondary N) is 4. The lowest BCUT2D eigenvalue weighted by Crippen LogP contribution is -2.63. The molecular weight excluding hydrogens is 685 g/mol. The van der Waals surface area contributed by atoms with Crippen LogP contribution in [0.3, 0.4) is 0 Å². The maximum absolute atomic E-state index is 14.9. The average Bonchev–Trinajstić information content (AvgIpc) is 3.73. The number of urea groups is 1. The predicted molar refractivity (Wildman–Crippen MR) is 200 cm³/mol. The number of carbonyl (C=O) groups is 5. The first-order chi connectivity index (χ1) is 24.3. The Morgan fingerprint density at radius 2 is 1.58 bits per heavy atom. The number of likely N-dealkylation sites (tertiary alicyclic amines) is 1. The quantitative estimate of drug-likeness (QED) is 0.147. The molecule has 6 atom stereocenters. The van der Waals surface area contributed by atoms with Gasteiger partial charge in [0.05, 0.1) is 17.3 Å². The van der Waals surface area contributed by atoms with Crippen molar-refractivity contribution in [2.45, 2.75) is 142 Å². The maximum atomic E-state index is 14.9. The van der Waals surface area contributed by atoms with E-state index in [0.29, 0.717) is 51.6 Å². The van der Waals surface area contributed by atoms with Gasteiger partial charge in [-0.15, -0.1) is 6.58 Å². The Balaban J connectivity index is 1.63. The fraction of sp³-hybridized carbons (Fsp3) is 0.816. The van der Waals surface area contributed by atoms with Crippen LogP contribution in [0, 0.1) is 28.6 Å². The lowest BCUT2D eigenvalue weighted by molar-refractivity contribution is -0.145. The van der Waals surface area contributed by atoms with Crippen molar-refractivity contribution in [1.82, 2.24) is 30.5 Å². The highest BCUT2D eigenvalue weighted by atomic mass is 32.2. The van der Waals surface area contributed by atoms with E-state index in [-0.39, 0.29) is 30.2 Å². The van der Waals surface area contributed by atoms with E-state index in [9.17, 15) is 32.4 Å². The molecular formula is C38H64N6O7S. The molecule has 4 fully saturated rings. The van der Waals surface area contributed by atoms with Gasteiger partial charge in [0.15, 0.2) is 0 Å². The number of ketones is 1. The molecule has 14 heteroatoms. The summed E-state index contributed by atoms with van der Waals surface area (Å²) >= 11 is 0. The van der Waals surface area contributed by atoms with Crippen molar-refractivity contribution in [2.24, 2.45) is 28.6 Å². The number of hydrogen-bond acceptors (Lipinski definition) is 7. The smallest absolute Gasteiger partial charge is 0.315 e.